The molecule has 4 heteroatoms. The summed E-state index contributed by atoms with van der Waals surface area (Å²) in [5.41, 5.74) is 12.4. The van der Waals surface area contributed by atoms with Crippen LogP contribution in [0.2, 0.25) is 5.02 Å². The largest absolute Gasteiger partial charge is 0.328 e. The molecule has 84 valence electrons. The summed E-state index contributed by atoms with van der Waals surface area (Å²) in [4.78, 5) is 0. The molecule has 0 radical (unpaired) electrons. The van der Waals surface area contributed by atoms with Crippen molar-refractivity contribution >= 4 is 11.6 Å². The highest BCUT2D eigenvalue weighted by atomic mass is 35.5. The Bertz CT molecular complexity index is 328. The van der Waals surface area contributed by atoms with E-state index in [9.17, 15) is 4.39 Å². The highest BCUT2D eigenvalue weighted by Gasteiger charge is 2.09. The molecule has 0 bridgehead atoms. The smallest absolute Gasteiger partial charge is 0.141 e. The van der Waals surface area contributed by atoms with Gasteiger partial charge < -0.3 is 11.5 Å². The van der Waals surface area contributed by atoms with Crippen molar-refractivity contribution in [2.45, 2.75) is 31.8 Å². The third-order valence-electron chi connectivity index (χ3n) is 2.30. The predicted molar refractivity (Wildman–Crippen MR) is 61.2 cm³/mol. The monoisotopic (exact) mass is 230 g/mol. The molecule has 0 aromatic heterocycles. The van der Waals surface area contributed by atoms with Gasteiger partial charge in [-0.2, -0.15) is 0 Å². The van der Waals surface area contributed by atoms with Crippen LogP contribution >= 0.6 is 11.6 Å². The van der Waals surface area contributed by atoms with Crippen molar-refractivity contribution < 1.29 is 4.39 Å². The topological polar surface area (TPSA) is 52.0 Å². The molecule has 1 aromatic carbocycles. The highest BCUT2D eigenvalue weighted by Crippen LogP contribution is 2.22. The standard InChI is InChI=1S/C11H16ClFN2/c1-7(14)2-5-11(15)8-3-4-10(13)9(12)6-8/h3-4,6-7,11H,2,5,14-15H2,1H3. The van der Waals surface area contributed by atoms with Gasteiger partial charge in [0.25, 0.3) is 0 Å². The Morgan fingerprint density at radius 1 is 1.33 bits per heavy atom. The van der Waals surface area contributed by atoms with Crippen LogP contribution in [0.3, 0.4) is 0 Å². The van der Waals surface area contributed by atoms with Gasteiger partial charge in [0.1, 0.15) is 5.82 Å². The number of hydrogen-bond acceptors (Lipinski definition) is 2. The lowest BCUT2D eigenvalue weighted by Crippen LogP contribution is -2.18. The van der Waals surface area contributed by atoms with Crippen LogP contribution in [0.1, 0.15) is 31.4 Å². The van der Waals surface area contributed by atoms with Crippen LogP contribution in [-0.4, -0.2) is 6.04 Å². The molecule has 0 spiro atoms. The Hall–Kier alpha value is -0.640. The van der Waals surface area contributed by atoms with E-state index >= 15 is 0 Å². The summed E-state index contributed by atoms with van der Waals surface area (Å²) in [5, 5.41) is 0.115. The minimum atomic E-state index is -0.417. The van der Waals surface area contributed by atoms with E-state index in [0.29, 0.717) is 0 Å². The second kappa shape index (κ2) is 5.45. The SMILES string of the molecule is CC(N)CCC(N)c1ccc(F)c(Cl)c1. The molecule has 2 atom stereocenters. The van der Waals surface area contributed by atoms with Gasteiger partial charge in [-0.25, -0.2) is 4.39 Å². The van der Waals surface area contributed by atoms with Crippen molar-refractivity contribution in [1.82, 2.24) is 0 Å². The van der Waals surface area contributed by atoms with Gasteiger partial charge in [0.05, 0.1) is 5.02 Å². The van der Waals surface area contributed by atoms with Crippen molar-refractivity contribution in [3.63, 3.8) is 0 Å². The van der Waals surface area contributed by atoms with Crippen LogP contribution in [0.15, 0.2) is 18.2 Å². The lowest BCUT2D eigenvalue weighted by Gasteiger charge is -2.13. The van der Waals surface area contributed by atoms with Crippen molar-refractivity contribution in [3.8, 4) is 0 Å². The first-order valence-electron chi connectivity index (χ1n) is 4.97. The molecule has 0 aliphatic heterocycles. The first kappa shape index (κ1) is 12.4. The summed E-state index contributed by atoms with van der Waals surface area (Å²) in [6.07, 6.45) is 1.62. The highest BCUT2D eigenvalue weighted by molar-refractivity contribution is 6.30. The van der Waals surface area contributed by atoms with E-state index < -0.39 is 5.82 Å². The average Bonchev–Trinajstić information content (AvgIpc) is 2.18. The van der Waals surface area contributed by atoms with E-state index in [-0.39, 0.29) is 17.1 Å². The second-order valence-electron chi connectivity index (χ2n) is 3.83. The summed E-state index contributed by atoms with van der Waals surface area (Å²) in [5.74, 6) is -0.417. The van der Waals surface area contributed by atoms with Gasteiger partial charge in [-0.05, 0) is 37.5 Å². The fourth-order valence-electron chi connectivity index (χ4n) is 1.35. The number of hydrogen-bond donors (Lipinski definition) is 2. The fraction of sp³-hybridized carbons (Fsp3) is 0.455. The van der Waals surface area contributed by atoms with E-state index in [2.05, 4.69) is 0 Å². The minimum Gasteiger partial charge on any atom is -0.328 e. The lowest BCUT2D eigenvalue weighted by atomic mass is 10.0. The molecule has 2 nitrogen and oxygen atoms in total. The Morgan fingerprint density at radius 2 is 2.00 bits per heavy atom. The summed E-state index contributed by atoms with van der Waals surface area (Å²) < 4.78 is 12.9. The maximum absolute atomic E-state index is 12.9. The molecular formula is C11H16ClFN2. The molecule has 2 unspecified atom stereocenters. The zero-order valence-corrected chi connectivity index (χ0v) is 9.47. The van der Waals surface area contributed by atoms with Gasteiger partial charge in [0.15, 0.2) is 0 Å². The molecule has 0 aliphatic carbocycles. The van der Waals surface area contributed by atoms with Crippen molar-refractivity contribution in [2.75, 3.05) is 0 Å². The number of benzene rings is 1. The molecule has 0 aliphatic rings. The Labute approximate surface area is 94.4 Å². The molecule has 0 saturated heterocycles. The van der Waals surface area contributed by atoms with Gasteiger partial charge >= 0.3 is 0 Å². The van der Waals surface area contributed by atoms with Crippen LogP contribution < -0.4 is 11.5 Å². The summed E-state index contributed by atoms with van der Waals surface area (Å²) in [6.45, 7) is 1.93. The average molecular weight is 231 g/mol. The summed E-state index contributed by atoms with van der Waals surface area (Å²) in [7, 11) is 0. The van der Waals surface area contributed by atoms with Crippen molar-refractivity contribution in [3.05, 3.63) is 34.6 Å². The fourth-order valence-corrected chi connectivity index (χ4v) is 1.54. The van der Waals surface area contributed by atoms with Crippen LogP contribution in [0.25, 0.3) is 0 Å². The van der Waals surface area contributed by atoms with E-state index in [4.69, 9.17) is 23.1 Å². The van der Waals surface area contributed by atoms with E-state index in [1.54, 1.807) is 12.1 Å². The summed E-state index contributed by atoms with van der Waals surface area (Å²) in [6, 6.07) is 4.57. The second-order valence-corrected chi connectivity index (χ2v) is 4.24. The quantitative estimate of drug-likeness (QED) is 0.836. The molecule has 0 heterocycles. The Morgan fingerprint density at radius 3 is 2.53 bits per heavy atom. The first-order valence-corrected chi connectivity index (χ1v) is 5.34. The number of halogens is 2. The Kier molecular flexibility index (Phi) is 4.51. The molecule has 1 aromatic rings. The predicted octanol–water partition coefficient (Wildman–Crippen LogP) is 2.61. The molecule has 0 saturated carbocycles. The van der Waals surface area contributed by atoms with Gasteiger partial charge in [-0.1, -0.05) is 17.7 Å². The van der Waals surface area contributed by atoms with Gasteiger partial charge in [-0.15, -0.1) is 0 Å². The van der Waals surface area contributed by atoms with Gasteiger partial charge in [0.2, 0.25) is 0 Å². The minimum absolute atomic E-state index is 0.115. The number of rotatable bonds is 4. The number of nitrogens with two attached hydrogens (primary N) is 2. The zero-order valence-electron chi connectivity index (χ0n) is 8.71. The maximum atomic E-state index is 12.9. The molecule has 4 N–H and O–H groups in total. The molecular weight excluding hydrogens is 215 g/mol. The zero-order chi connectivity index (χ0) is 11.4. The van der Waals surface area contributed by atoms with Crippen LogP contribution in [0.4, 0.5) is 4.39 Å². The summed E-state index contributed by atoms with van der Waals surface area (Å²) >= 11 is 5.67. The normalized spacial score (nSPS) is 15.0. The van der Waals surface area contributed by atoms with Crippen LogP contribution in [-0.2, 0) is 0 Å². The third kappa shape index (κ3) is 3.78. The van der Waals surface area contributed by atoms with Crippen molar-refractivity contribution in [2.24, 2.45) is 11.5 Å². The molecule has 0 amide bonds. The molecule has 1 rings (SSSR count). The molecule has 15 heavy (non-hydrogen) atoms. The third-order valence-corrected chi connectivity index (χ3v) is 2.59. The molecule has 0 fully saturated rings. The van der Waals surface area contributed by atoms with Crippen LogP contribution in [0, 0.1) is 5.82 Å². The van der Waals surface area contributed by atoms with Gasteiger partial charge in [-0.3, -0.25) is 0 Å². The van der Waals surface area contributed by atoms with E-state index in [1.165, 1.54) is 6.07 Å². The maximum Gasteiger partial charge on any atom is 0.141 e. The van der Waals surface area contributed by atoms with Gasteiger partial charge in [0, 0.05) is 12.1 Å². The van der Waals surface area contributed by atoms with E-state index in [0.717, 1.165) is 18.4 Å². The van der Waals surface area contributed by atoms with Crippen molar-refractivity contribution in [1.29, 1.82) is 0 Å². The Balaban J connectivity index is 2.65. The van der Waals surface area contributed by atoms with E-state index in [1.807, 2.05) is 6.92 Å². The lowest BCUT2D eigenvalue weighted by molar-refractivity contribution is 0.553. The van der Waals surface area contributed by atoms with Crippen LogP contribution in [0.5, 0.6) is 0 Å². The first-order chi connectivity index (χ1) is 7.00.